The van der Waals surface area contributed by atoms with Crippen molar-refractivity contribution in [1.82, 2.24) is 4.90 Å². The minimum atomic E-state index is -0.779. The predicted molar refractivity (Wildman–Crippen MR) is 92.7 cm³/mol. The molecule has 7 heteroatoms. The minimum Gasteiger partial charge on any atom is -0.444 e. The zero-order chi connectivity index (χ0) is 18.6. The standard InChI is InChI=1S/C18H21BrFNO4/c1-17(2,3)25-16(24)21-9-18(7-12(18)15(21)14(23)8-22)11-6-10(19)4-5-13(11)20/h4-6,12,15,22H,7-9H2,1-3H3/t12-,15+,18+/m0/s1. The van der Waals surface area contributed by atoms with Gasteiger partial charge in [-0.1, -0.05) is 15.9 Å². The van der Waals surface area contributed by atoms with E-state index in [0.717, 1.165) is 4.47 Å². The molecule has 136 valence electrons. The predicted octanol–water partition coefficient (Wildman–Crippen LogP) is 3.03. The monoisotopic (exact) mass is 413 g/mol. The molecule has 1 amide bonds. The largest absolute Gasteiger partial charge is 0.444 e. The summed E-state index contributed by atoms with van der Waals surface area (Å²) < 4.78 is 20.6. The van der Waals surface area contributed by atoms with E-state index >= 15 is 0 Å². The smallest absolute Gasteiger partial charge is 0.410 e. The van der Waals surface area contributed by atoms with Crippen LogP contribution in [-0.4, -0.2) is 46.7 Å². The number of piperidine rings is 1. The number of aliphatic hydroxyl groups excluding tert-OH is 1. The van der Waals surface area contributed by atoms with Crippen LogP contribution in [0, 0.1) is 11.7 Å². The molecule has 25 heavy (non-hydrogen) atoms. The van der Waals surface area contributed by atoms with Crippen molar-refractivity contribution < 1.29 is 23.8 Å². The average Bonchev–Trinajstić information content (AvgIpc) is 3.13. The Kier molecular flexibility index (Phi) is 4.44. The summed E-state index contributed by atoms with van der Waals surface area (Å²) >= 11 is 3.35. The number of amides is 1. The van der Waals surface area contributed by atoms with Gasteiger partial charge in [-0.05, 0) is 56.9 Å². The number of rotatable bonds is 3. The van der Waals surface area contributed by atoms with Gasteiger partial charge in [-0.2, -0.15) is 0 Å². The molecule has 2 aliphatic rings. The highest BCUT2D eigenvalue weighted by atomic mass is 79.9. The Labute approximate surface area is 154 Å². The summed E-state index contributed by atoms with van der Waals surface area (Å²) in [5.41, 5.74) is -0.806. The van der Waals surface area contributed by atoms with Crippen molar-refractivity contribution in [3.63, 3.8) is 0 Å². The van der Waals surface area contributed by atoms with Crippen LogP contribution in [0.4, 0.5) is 9.18 Å². The highest BCUT2D eigenvalue weighted by Crippen LogP contribution is 2.62. The molecule has 1 heterocycles. The lowest BCUT2D eigenvalue weighted by Gasteiger charge is -2.30. The molecule has 5 nitrogen and oxygen atoms in total. The molecule has 3 rings (SSSR count). The van der Waals surface area contributed by atoms with Gasteiger partial charge in [0.15, 0.2) is 5.78 Å². The van der Waals surface area contributed by atoms with Gasteiger partial charge in [-0.15, -0.1) is 0 Å². The summed E-state index contributed by atoms with van der Waals surface area (Å²) in [6.07, 6.45) is -0.00271. The number of halogens is 2. The second-order valence-corrected chi connectivity index (χ2v) is 8.68. The van der Waals surface area contributed by atoms with E-state index in [1.165, 1.54) is 11.0 Å². The van der Waals surface area contributed by atoms with E-state index in [9.17, 15) is 19.1 Å². The maximum absolute atomic E-state index is 14.4. The Morgan fingerprint density at radius 3 is 2.72 bits per heavy atom. The van der Waals surface area contributed by atoms with Crippen molar-refractivity contribution >= 4 is 27.8 Å². The minimum absolute atomic E-state index is 0.205. The van der Waals surface area contributed by atoms with Gasteiger partial charge in [0.1, 0.15) is 18.0 Å². The fraction of sp³-hybridized carbons (Fsp3) is 0.556. The van der Waals surface area contributed by atoms with Crippen LogP contribution >= 0.6 is 15.9 Å². The van der Waals surface area contributed by atoms with Gasteiger partial charge in [0.05, 0.1) is 6.04 Å². The molecule has 0 aromatic heterocycles. The number of ketones is 1. The molecule has 1 aromatic rings. The molecular formula is C18H21BrFNO4. The van der Waals surface area contributed by atoms with Crippen molar-refractivity contribution in [3.8, 4) is 0 Å². The summed E-state index contributed by atoms with van der Waals surface area (Å²) in [7, 11) is 0. The second kappa shape index (κ2) is 6.06. The van der Waals surface area contributed by atoms with Crippen LogP contribution in [0.1, 0.15) is 32.8 Å². The highest BCUT2D eigenvalue weighted by Gasteiger charge is 2.69. The van der Waals surface area contributed by atoms with Gasteiger partial charge in [-0.3, -0.25) is 9.69 Å². The normalized spacial score (nSPS) is 27.8. The molecule has 1 aliphatic carbocycles. The van der Waals surface area contributed by atoms with Crippen molar-refractivity contribution in [3.05, 3.63) is 34.1 Å². The van der Waals surface area contributed by atoms with Crippen LogP contribution in [0.5, 0.6) is 0 Å². The van der Waals surface area contributed by atoms with E-state index in [1.807, 2.05) is 0 Å². The lowest BCUT2D eigenvalue weighted by Crippen LogP contribution is -2.47. The zero-order valence-electron chi connectivity index (χ0n) is 14.4. The fourth-order valence-corrected chi connectivity index (χ4v) is 4.17. The van der Waals surface area contributed by atoms with E-state index in [0.29, 0.717) is 12.0 Å². The molecule has 1 aromatic carbocycles. The van der Waals surface area contributed by atoms with Crippen LogP contribution in [0.15, 0.2) is 22.7 Å². The van der Waals surface area contributed by atoms with Crippen molar-refractivity contribution in [2.75, 3.05) is 13.2 Å². The molecule has 0 bridgehead atoms. The molecule has 1 saturated heterocycles. The number of carbonyl (C=O) groups excluding carboxylic acids is 2. The molecule has 1 aliphatic heterocycles. The highest BCUT2D eigenvalue weighted by molar-refractivity contribution is 9.10. The molecule has 1 saturated carbocycles. The molecule has 0 radical (unpaired) electrons. The van der Waals surface area contributed by atoms with Crippen LogP contribution in [0.2, 0.25) is 0 Å². The third-order valence-electron chi connectivity index (χ3n) is 4.88. The first-order valence-corrected chi connectivity index (χ1v) is 8.97. The lowest BCUT2D eigenvalue weighted by molar-refractivity contribution is -0.126. The summed E-state index contributed by atoms with van der Waals surface area (Å²) in [6, 6.07) is 3.92. The number of Topliss-reactive ketones (excluding diaryl/α,β-unsaturated/α-hetero) is 1. The van der Waals surface area contributed by atoms with Gasteiger partial charge < -0.3 is 9.84 Å². The number of nitrogens with zero attached hydrogens (tertiary/aromatic N) is 1. The third kappa shape index (κ3) is 3.19. The van der Waals surface area contributed by atoms with Gasteiger partial charge in [0.25, 0.3) is 0 Å². The van der Waals surface area contributed by atoms with E-state index in [2.05, 4.69) is 15.9 Å². The molecule has 2 fully saturated rings. The van der Waals surface area contributed by atoms with E-state index in [4.69, 9.17) is 4.74 Å². The molecule has 0 unspecified atom stereocenters. The number of carbonyl (C=O) groups is 2. The SMILES string of the molecule is CC(C)(C)OC(=O)N1C[C@@]2(c3cc(Br)ccc3F)C[C@H]2[C@@H]1C(=O)CO. The van der Waals surface area contributed by atoms with E-state index < -0.39 is 35.5 Å². The summed E-state index contributed by atoms with van der Waals surface area (Å²) in [6.45, 7) is 4.78. The Hall–Kier alpha value is -1.47. The maximum atomic E-state index is 14.4. The summed E-state index contributed by atoms with van der Waals surface area (Å²) in [4.78, 5) is 26.2. The quantitative estimate of drug-likeness (QED) is 0.826. The number of aliphatic hydroxyl groups is 1. The first-order chi connectivity index (χ1) is 11.6. The van der Waals surface area contributed by atoms with Crippen LogP contribution < -0.4 is 0 Å². The number of ether oxygens (including phenoxy) is 1. The van der Waals surface area contributed by atoms with E-state index in [1.54, 1.807) is 32.9 Å². The van der Waals surface area contributed by atoms with Gasteiger partial charge >= 0.3 is 6.09 Å². The van der Waals surface area contributed by atoms with Crippen LogP contribution in [0.3, 0.4) is 0 Å². The Morgan fingerprint density at radius 1 is 1.44 bits per heavy atom. The average molecular weight is 414 g/mol. The molecular weight excluding hydrogens is 393 g/mol. The summed E-state index contributed by atoms with van der Waals surface area (Å²) in [5, 5.41) is 9.31. The molecule has 3 atom stereocenters. The number of hydrogen-bond donors (Lipinski definition) is 1. The maximum Gasteiger partial charge on any atom is 0.410 e. The number of likely N-dealkylation sites (tertiary alicyclic amines) is 1. The first-order valence-electron chi connectivity index (χ1n) is 8.18. The fourth-order valence-electron chi connectivity index (χ4n) is 3.81. The van der Waals surface area contributed by atoms with Gasteiger partial charge in [0, 0.05) is 16.4 Å². The number of benzene rings is 1. The topological polar surface area (TPSA) is 66.8 Å². The third-order valence-corrected chi connectivity index (χ3v) is 5.38. The lowest BCUT2D eigenvalue weighted by atomic mass is 9.93. The van der Waals surface area contributed by atoms with Crippen LogP contribution in [-0.2, 0) is 14.9 Å². The number of hydrogen-bond acceptors (Lipinski definition) is 4. The van der Waals surface area contributed by atoms with E-state index in [-0.39, 0.29) is 18.3 Å². The van der Waals surface area contributed by atoms with Crippen LogP contribution in [0.25, 0.3) is 0 Å². The van der Waals surface area contributed by atoms with Crippen molar-refractivity contribution in [2.45, 2.75) is 44.2 Å². The Bertz CT molecular complexity index is 732. The van der Waals surface area contributed by atoms with Crippen molar-refractivity contribution in [1.29, 1.82) is 0 Å². The zero-order valence-corrected chi connectivity index (χ0v) is 16.0. The number of fused-ring (bicyclic) bond motifs is 1. The first kappa shape index (κ1) is 18.3. The molecule has 0 spiro atoms. The Morgan fingerprint density at radius 2 is 2.12 bits per heavy atom. The van der Waals surface area contributed by atoms with Crippen molar-refractivity contribution in [2.24, 2.45) is 5.92 Å². The van der Waals surface area contributed by atoms with Gasteiger partial charge in [0.2, 0.25) is 0 Å². The summed E-state index contributed by atoms with van der Waals surface area (Å²) in [5.74, 6) is -0.999. The Balaban J connectivity index is 1.95. The van der Waals surface area contributed by atoms with Gasteiger partial charge in [-0.25, -0.2) is 9.18 Å². The second-order valence-electron chi connectivity index (χ2n) is 7.77. The molecule has 1 N–H and O–H groups in total.